The zero-order valence-electron chi connectivity index (χ0n) is 16.7. The summed E-state index contributed by atoms with van der Waals surface area (Å²) in [5.74, 6) is 0. The van der Waals surface area contributed by atoms with Gasteiger partial charge in [0, 0.05) is 11.9 Å². The maximum Gasteiger partial charge on any atom is 0.415 e. The molecule has 0 spiro atoms. The van der Waals surface area contributed by atoms with Gasteiger partial charge >= 0.3 is 12.1 Å². The van der Waals surface area contributed by atoms with Gasteiger partial charge in [0.2, 0.25) is 0 Å². The normalized spacial score (nSPS) is 23.5. The first kappa shape index (κ1) is 20.0. The van der Waals surface area contributed by atoms with E-state index in [2.05, 4.69) is 15.4 Å². The monoisotopic (exact) mass is 420 g/mol. The van der Waals surface area contributed by atoms with Crippen LogP contribution in [0.2, 0.25) is 0 Å². The Morgan fingerprint density at radius 2 is 2.10 bits per heavy atom. The number of anilines is 2. The number of pyridine rings is 1. The number of carbonyl (C=O) groups is 2. The number of fused-ring (bicyclic) bond motifs is 1. The molecule has 2 aliphatic rings. The first-order valence-corrected chi connectivity index (χ1v) is 9.62. The van der Waals surface area contributed by atoms with Gasteiger partial charge in [0.15, 0.2) is 0 Å². The maximum absolute atomic E-state index is 12.9. The number of ether oxygens (including phenoxy) is 1. The van der Waals surface area contributed by atoms with E-state index in [0.29, 0.717) is 17.9 Å². The molecule has 1 fully saturated rings. The number of carbonyl (C=O) groups excluding carboxylic acids is 2. The highest BCUT2D eigenvalue weighted by Gasteiger charge is 2.40. The van der Waals surface area contributed by atoms with E-state index in [-0.39, 0.29) is 30.4 Å². The number of urea groups is 1. The van der Waals surface area contributed by atoms with Crippen LogP contribution in [0.3, 0.4) is 0 Å². The molecule has 3 atom stereocenters. The molecule has 1 saturated heterocycles. The Morgan fingerprint density at radius 1 is 1.33 bits per heavy atom. The van der Waals surface area contributed by atoms with E-state index in [1.165, 1.54) is 12.3 Å². The zero-order valence-corrected chi connectivity index (χ0v) is 16.7. The second kappa shape index (κ2) is 7.54. The molecule has 0 unspecified atom stereocenters. The summed E-state index contributed by atoms with van der Waals surface area (Å²) in [6.45, 7) is 6.23. The lowest BCUT2D eigenvalue weighted by atomic mass is 10.1. The highest BCUT2D eigenvalue weighted by Crippen LogP contribution is 2.33. The van der Waals surface area contributed by atoms with E-state index in [0.717, 1.165) is 6.07 Å². The average molecular weight is 420 g/mol. The standard InChI is InChI=1S/C19H22F2N6O3/c1-10-8-26-16(15(7-23-26)27-11(2)12(3)30-19(27)29)9-25(10)18(28)24-13-4-5-22-14(6-13)17(20)21/h4-7,10-12,17H,8-9H2,1-3H3,(H,22,24,28)/t10-,11-,12-/m0/s1. The summed E-state index contributed by atoms with van der Waals surface area (Å²) in [6, 6.07) is 1.81. The molecule has 0 bridgehead atoms. The van der Waals surface area contributed by atoms with Gasteiger partial charge in [0.05, 0.1) is 42.8 Å². The molecule has 2 aromatic heterocycles. The fraction of sp³-hybridized carbons (Fsp3) is 0.474. The predicted molar refractivity (Wildman–Crippen MR) is 103 cm³/mol. The third kappa shape index (κ3) is 3.44. The van der Waals surface area contributed by atoms with Crippen molar-refractivity contribution in [3.05, 3.63) is 35.9 Å². The van der Waals surface area contributed by atoms with Crippen molar-refractivity contribution in [2.24, 2.45) is 0 Å². The van der Waals surface area contributed by atoms with Gasteiger partial charge in [-0.1, -0.05) is 0 Å². The Balaban J connectivity index is 1.56. The van der Waals surface area contributed by atoms with Crippen molar-refractivity contribution in [1.82, 2.24) is 19.7 Å². The third-order valence-corrected chi connectivity index (χ3v) is 5.56. The van der Waals surface area contributed by atoms with E-state index < -0.39 is 24.2 Å². The molecule has 0 saturated carbocycles. The first-order chi connectivity index (χ1) is 14.3. The van der Waals surface area contributed by atoms with E-state index >= 15 is 0 Å². The molecule has 160 valence electrons. The maximum atomic E-state index is 12.9. The van der Waals surface area contributed by atoms with Gasteiger partial charge in [0.1, 0.15) is 11.8 Å². The summed E-state index contributed by atoms with van der Waals surface area (Å²) in [7, 11) is 0. The molecule has 9 nitrogen and oxygen atoms in total. The molecule has 4 heterocycles. The number of hydrogen-bond acceptors (Lipinski definition) is 5. The second-order valence-electron chi connectivity index (χ2n) is 7.54. The highest BCUT2D eigenvalue weighted by molar-refractivity contribution is 5.92. The van der Waals surface area contributed by atoms with Crippen LogP contribution in [0.5, 0.6) is 0 Å². The zero-order chi connectivity index (χ0) is 21.6. The molecular weight excluding hydrogens is 398 g/mol. The van der Waals surface area contributed by atoms with Crippen molar-refractivity contribution in [1.29, 1.82) is 0 Å². The summed E-state index contributed by atoms with van der Waals surface area (Å²) in [4.78, 5) is 31.9. The van der Waals surface area contributed by atoms with Crippen LogP contribution in [0.25, 0.3) is 0 Å². The smallest absolute Gasteiger partial charge is 0.415 e. The van der Waals surface area contributed by atoms with Gasteiger partial charge in [-0.3, -0.25) is 14.6 Å². The van der Waals surface area contributed by atoms with Crippen molar-refractivity contribution in [2.75, 3.05) is 10.2 Å². The largest absolute Gasteiger partial charge is 0.444 e. The molecule has 3 amide bonds. The van der Waals surface area contributed by atoms with E-state index in [9.17, 15) is 18.4 Å². The van der Waals surface area contributed by atoms with E-state index in [4.69, 9.17) is 4.74 Å². The van der Waals surface area contributed by atoms with Gasteiger partial charge in [0.25, 0.3) is 6.43 Å². The minimum Gasteiger partial charge on any atom is -0.444 e. The molecule has 0 radical (unpaired) electrons. The van der Waals surface area contributed by atoms with Crippen molar-refractivity contribution >= 4 is 23.5 Å². The summed E-state index contributed by atoms with van der Waals surface area (Å²) in [6.07, 6.45) is -0.595. The SMILES string of the molecule is C[C@@H]1OC(=O)N(c2cnn3c2CN(C(=O)Nc2ccnc(C(F)F)c2)[C@@H](C)C3)[C@H]1C. The van der Waals surface area contributed by atoms with Crippen LogP contribution in [0.15, 0.2) is 24.5 Å². The van der Waals surface area contributed by atoms with Crippen molar-refractivity contribution in [3.63, 3.8) is 0 Å². The number of nitrogens with one attached hydrogen (secondary N) is 1. The lowest BCUT2D eigenvalue weighted by Crippen LogP contribution is -2.47. The summed E-state index contributed by atoms with van der Waals surface area (Å²) in [5, 5.41) is 7.02. The Kier molecular flexibility index (Phi) is 5.04. The van der Waals surface area contributed by atoms with Crippen LogP contribution in [0.1, 0.15) is 38.6 Å². The number of amides is 3. The second-order valence-corrected chi connectivity index (χ2v) is 7.54. The number of alkyl halides is 2. The molecule has 2 aromatic rings. The lowest BCUT2D eigenvalue weighted by molar-refractivity contribution is 0.143. The molecule has 0 aliphatic carbocycles. The van der Waals surface area contributed by atoms with E-state index in [1.807, 2.05) is 20.8 Å². The van der Waals surface area contributed by atoms with Gasteiger partial charge in [-0.15, -0.1) is 0 Å². The number of nitrogens with zero attached hydrogens (tertiary/aromatic N) is 5. The Morgan fingerprint density at radius 3 is 2.77 bits per heavy atom. The molecule has 11 heteroatoms. The van der Waals surface area contributed by atoms with Crippen molar-refractivity contribution in [3.8, 4) is 0 Å². The van der Waals surface area contributed by atoms with Gasteiger partial charge in [-0.25, -0.2) is 18.4 Å². The Hall–Kier alpha value is -3.24. The van der Waals surface area contributed by atoms with Gasteiger partial charge in [-0.05, 0) is 32.9 Å². The predicted octanol–water partition coefficient (Wildman–Crippen LogP) is 3.39. The molecule has 30 heavy (non-hydrogen) atoms. The highest BCUT2D eigenvalue weighted by atomic mass is 19.3. The van der Waals surface area contributed by atoms with Crippen LogP contribution in [0, 0.1) is 0 Å². The van der Waals surface area contributed by atoms with Crippen molar-refractivity contribution < 1.29 is 23.1 Å². The third-order valence-electron chi connectivity index (χ3n) is 5.56. The Bertz CT molecular complexity index is 981. The van der Waals surface area contributed by atoms with E-state index in [1.54, 1.807) is 20.7 Å². The number of aromatic nitrogens is 3. The summed E-state index contributed by atoms with van der Waals surface area (Å²) < 4.78 is 32.8. The van der Waals surface area contributed by atoms with Crippen molar-refractivity contribution in [2.45, 2.75) is 58.5 Å². The summed E-state index contributed by atoms with van der Waals surface area (Å²) >= 11 is 0. The molecule has 0 aromatic carbocycles. The topological polar surface area (TPSA) is 92.6 Å². The minimum absolute atomic E-state index is 0.169. The number of rotatable bonds is 3. The quantitative estimate of drug-likeness (QED) is 0.822. The fourth-order valence-corrected chi connectivity index (χ4v) is 3.71. The summed E-state index contributed by atoms with van der Waals surface area (Å²) in [5.41, 5.74) is 1.15. The molecular formula is C19H22F2N6O3. The fourth-order valence-electron chi connectivity index (χ4n) is 3.71. The van der Waals surface area contributed by atoms with Crippen LogP contribution in [-0.4, -0.2) is 50.0 Å². The molecule has 1 N–H and O–H groups in total. The van der Waals surface area contributed by atoms with Crippen LogP contribution in [-0.2, 0) is 17.8 Å². The Labute approximate surface area is 171 Å². The number of hydrogen-bond donors (Lipinski definition) is 1. The number of cyclic esters (lactones) is 1. The van der Waals surface area contributed by atoms with Crippen LogP contribution >= 0.6 is 0 Å². The first-order valence-electron chi connectivity index (χ1n) is 9.62. The van der Waals surface area contributed by atoms with Crippen LogP contribution in [0.4, 0.5) is 29.7 Å². The average Bonchev–Trinajstić information content (AvgIpc) is 3.20. The van der Waals surface area contributed by atoms with Crippen LogP contribution < -0.4 is 10.2 Å². The number of halogens is 2. The molecule has 4 rings (SSSR count). The minimum atomic E-state index is -2.72. The lowest BCUT2D eigenvalue weighted by Gasteiger charge is -2.35. The molecule has 2 aliphatic heterocycles. The van der Waals surface area contributed by atoms with Gasteiger partial charge in [-0.2, -0.15) is 5.10 Å². The van der Waals surface area contributed by atoms with Gasteiger partial charge < -0.3 is 15.0 Å².